The number of hydrogen-bond acceptors (Lipinski definition) is 5. The smallest absolute Gasteiger partial charge is 0.209 e. The Balaban J connectivity index is 3.88. The van der Waals surface area contributed by atoms with E-state index in [1.807, 2.05) is 0 Å². The van der Waals surface area contributed by atoms with E-state index in [0.717, 1.165) is 0 Å². The molecule has 0 bridgehead atoms. The maximum atomic E-state index is 10.0. The third-order valence-corrected chi connectivity index (χ3v) is 0.677. The second-order valence-electron chi connectivity index (χ2n) is 1.35. The fourth-order valence-electron chi connectivity index (χ4n) is 0.219. The van der Waals surface area contributed by atoms with E-state index in [1.54, 1.807) is 0 Å². The molecule has 0 unspecified atom stereocenters. The minimum Gasteiger partial charge on any atom is -0.542 e. The van der Waals surface area contributed by atoms with Crippen LogP contribution in [0.4, 0.5) is 0 Å². The highest BCUT2D eigenvalue weighted by molar-refractivity contribution is 6.33. The number of aliphatic carboxylic acids is 1. The van der Waals surface area contributed by atoms with Crippen molar-refractivity contribution in [3.63, 3.8) is 0 Å². The highest BCUT2D eigenvalue weighted by Crippen LogP contribution is 1.80. The summed E-state index contributed by atoms with van der Waals surface area (Å²) in [5, 5.41) is 25.8. The van der Waals surface area contributed by atoms with Crippen molar-refractivity contribution in [3.05, 3.63) is 0 Å². The first-order valence-corrected chi connectivity index (χ1v) is 2.13. The lowest BCUT2D eigenvalue weighted by Gasteiger charge is -2.04. The van der Waals surface area contributed by atoms with Crippen molar-refractivity contribution in [3.8, 4) is 0 Å². The molecule has 0 spiro atoms. The van der Waals surface area contributed by atoms with E-state index in [4.69, 9.17) is 10.2 Å². The van der Waals surface area contributed by atoms with Crippen LogP contribution in [0, 0.1) is 0 Å². The van der Waals surface area contributed by atoms with E-state index in [9.17, 15) is 14.7 Å². The van der Waals surface area contributed by atoms with E-state index in [0.29, 0.717) is 0 Å². The molecule has 52 valence electrons. The highest BCUT2D eigenvalue weighted by Gasteiger charge is 2.13. The molecule has 0 radical (unpaired) electrons. The molecule has 1 atom stereocenters. The molecule has 0 saturated heterocycles. The molecular weight excluding hydrogens is 128 g/mol. The molecule has 0 aromatic rings. The minimum atomic E-state index is -1.99. The first-order chi connectivity index (χ1) is 4.09. The van der Waals surface area contributed by atoms with Gasteiger partial charge in [-0.25, -0.2) is 0 Å². The molecule has 0 aromatic heterocycles. The average Bonchev–Trinajstić information content (AvgIpc) is 1.84. The lowest BCUT2D eigenvalue weighted by molar-refractivity contribution is -0.301. The Bertz CT molecular complexity index is 129. The average molecular weight is 133 g/mol. The van der Waals surface area contributed by atoms with Crippen LogP contribution in [0.25, 0.3) is 0 Å². The molecule has 0 amide bonds. The fraction of sp³-hybridized carbons (Fsp3) is 0.500. The summed E-state index contributed by atoms with van der Waals surface area (Å²) in [5.74, 6) is -3.49. The molecular formula is C4H5O5-. The first kappa shape index (κ1) is 8.06. The van der Waals surface area contributed by atoms with Crippen LogP contribution in [0.2, 0.25) is 0 Å². The predicted octanol–water partition coefficient (Wildman–Crippen LogP) is -3.34. The van der Waals surface area contributed by atoms with Crippen molar-refractivity contribution >= 4 is 11.8 Å². The van der Waals surface area contributed by atoms with E-state index in [1.165, 1.54) is 0 Å². The van der Waals surface area contributed by atoms with Gasteiger partial charge in [0.05, 0.1) is 6.61 Å². The van der Waals surface area contributed by atoms with Gasteiger partial charge in [0, 0.05) is 0 Å². The van der Waals surface area contributed by atoms with Crippen molar-refractivity contribution in [1.82, 2.24) is 0 Å². The lowest BCUT2D eigenvalue weighted by atomic mass is 10.2. The third-order valence-electron chi connectivity index (χ3n) is 0.677. The highest BCUT2D eigenvalue weighted by atomic mass is 16.4. The first-order valence-electron chi connectivity index (χ1n) is 2.13. The van der Waals surface area contributed by atoms with Crippen LogP contribution >= 0.6 is 0 Å². The van der Waals surface area contributed by atoms with Crippen LogP contribution in [-0.2, 0) is 9.59 Å². The Morgan fingerprint density at radius 2 is 2.00 bits per heavy atom. The largest absolute Gasteiger partial charge is 0.542 e. The maximum absolute atomic E-state index is 10.0. The Labute approximate surface area is 50.5 Å². The van der Waals surface area contributed by atoms with Crippen molar-refractivity contribution in [2.24, 2.45) is 0 Å². The molecule has 0 saturated carbocycles. The second-order valence-corrected chi connectivity index (χ2v) is 1.35. The van der Waals surface area contributed by atoms with E-state index < -0.39 is 24.5 Å². The molecule has 0 rings (SSSR count). The van der Waals surface area contributed by atoms with Gasteiger partial charge in [-0.15, -0.1) is 0 Å². The van der Waals surface area contributed by atoms with Crippen LogP contribution < -0.4 is 5.11 Å². The summed E-state index contributed by atoms with van der Waals surface area (Å²) in [5.41, 5.74) is 0. The van der Waals surface area contributed by atoms with Gasteiger partial charge >= 0.3 is 0 Å². The summed E-state index contributed by atoms with van der Waals surface area (Å²) in [7, 11) is 0. The zero-order valence-corrected chi connectivity index (χ0v) is 4.40. The standard InChI is InChI=1S/C4H6O5/c5-1-2(6)3(7)4(8)9/h2,5-6H,1H2,(H,8,9)/p-1/t2-/m1/s1. The summed E-state index contributed by atoms with van der Waals surface area (Å²) in [6.07, 6.45) is -1.85. The van der Waals surface area contributed by atoms with Crippen molar-refractivity contribution in [2.75, 3.05) is 6.61 Å². The molecule has 5 heteroatoms. The molecule has 0 aliphatic heterocycles. The monoisotopic (exact) mass is 133 g/mol. The van der Waals surface area contributed by atoms with E-state index in [-0.39, 0.29) is 0 Å². The van der Waals surface area contributed by atoms with Gasteiger partial charge in [-0.1, -0.05) is 0 Å². The van der Waals surface area contributed by atoms with Crippen LogP contribution in [0.15, 0.2) is 0 Å². The van der Waals surface area contributed by atoms with Gasteiger partial charge in [0.15, 0.2) is 0 Å². The van der Waals surface area contributed by atoms with Crippen molar-refractivity contribution < 1.29 is 24.9 Å². The van der Waals surface area contributed by atoms with E-state index >= 15 is 0 Å². The van der Waals surface area contributed by atoms with Gasteiger partial charge in [-0.3, -0.25) is 4.79 Å². The number of Topliss-reactive ketones (excluding diaryl/α,β-unsaturated/α-hetero) is 1. The Morgan fingerprint density at radius 1 is 1.56 bits per heavy atom. The number of carbonyl (C=O) groups excluding carboxylic acids is 2. The topological polar surface area (TPSA) is 97.7 Å². The quantitative estimate of drug-likeness (QED) is 0.392. The maximum Gasteiger partial charge on any atom is 0.209 e. The summed E-state index contributed by atoms with van der Waals surface area (Å²) in [6.45, 7) is -0.896. The third kappa shape index (κ3) is 2.20. The summed E-state index contributed by atoms with van der Waals surface area (Å²) in [6, 6.07) is 0. The summed E-state index contributed by atoms with van der Waals surface area (Å²) >= 11 is 0. The zero-order chi connectivity index (χ0) is 7.44. The predicted molar refractivity (Wildman–Crippen MR) is 23.1 cm³/mol. The molecule has 0 heterocycles. The minimum absolute atomic E-state index is 0.896. The number of ketones is 1. The second kappa shape index (κ2) is 3.16. The summed E-state index contributed by atoms with van der Waals surface area (Å²) in [4.78, 5) is 19.6. The van der Waals surface area contributed by atoms with Crippen molar-refractivity contribution in [2.45, 2.75) is 6.10 Å². The van der Waals surface area contributed by atoms with Crippen LogP contribution in [0.1, 0.15) is 0 Å². The molecule has 0 fully saturated rings. The molecule has 9 heavy (non-hydrogen) atoms. The van der Waals surface area contributed by atoms with Gasteiger partial charge in [-0.2, -0.15) is 0 Å². The van der Waals surface area contributed by atoms with Crippen LogP contribution in [-0.4, -0.2) is 34.7 Å². The normalized spacial score (nSPS) is 12.7. The van der Waals surface area contributed by atoms with Gasteiger partial charge in [0.25, 0.3) is 0 Å². The number of aliphatic hydroxyl groups excluding tert-OH is 2. The molecule has 0 aromatic carbocycles. The fourth-order valence-corrected chi connectivity index (χ4v) is 0.219. The lowest BCUT2D eigenvalue weighted by Crippen LogP contribution is -2.40. The number of carbonyl (C=O) groups is 2. The number of rotatable bonds is 3. The van der Waals surface area contributed by atoms with Gasteiger partial charge in [0.1, 0.15) is 12.1 Å². The Kier molecular flexibility index (Phi) is 2.83. The number of carboxylic acids is 1. The Hall–Kier alpha value is -0.940. The number of carboxylic acid groups (broad SMARTS) is 1. The number of hydrogen-bond donors (Lipinski definition) is 2. The SMILES string of the molecule is O=C([O-])C(=O)[C@H](O)CO. The van der Waals surface area contributed by atoms with Crippen LogP contribution in [0.5, 0.6) is 0 Å². The van der Waals surface area contributed by atoms with Gasteiger partial charge in [-0.05, 0) is 0 Å². The zero-order valence-electron chi connectivity index (χ0n) is 4.40. The van der Waals surface area contributed by atoms with Crippen LogP contribution in [0.3, 0.4) is 0 Å². The van der Waals surface area contributed by atoms with Gasteiger partial charge < -0.3 is 20.1 Å². The molecule has 0 aliphatic rings. The van der Waals surface area contributed by atoms with E-state index in [2.05, 4.69) is 0 Å². The molecule has 0 aliphatic carbocycles. The molecule has 5 nitrogen and oxygen atoms in total. The summed E-state index contributed by atoms with van der Waals surface area (Å²) < 4.78 is 0. The van der Waals surface area contributed by atoms with Crippen molar-refractivity contribution in [1.29, 1.82) is 0 Å². The number of aliphatic hydroxyl groups is 2. The van der Waals surface area contributed by atoms with Gasteiger partial charge in [0.2, 0.25) is 5.78 Å². The molecule has 2 N–H and O–H groups in total. The Morgan fingerprint density at radius 3 is 2.11 bits per heavy atom.